The Morgan fingerprint density at radius 2 is 2.00 bits per heavy atom. The molecule has 3 rings (SSSR count). The van der Waals surface area contributed by atoms with Gasteiger partial charge in [-0.05, 0) is 37.7 Å². The molecular formula is C17H21NO3. The van der Waals surface area contributed by atoms with E-state index >= 15 is 0 Å². The molecule has 1 aliphatic carbocycles. The summed E-state index contributed by atoms with van der Waals surface area (Å²) in [5, 5.41) is 13.6. The quantitative estimate of drug-likeness (QED) is 0.898. The molecule has 4 nitrogen and oxygen atoms in total. The summed E-state index contributed by atoms with van der Waals surface area (Å²) in [7, 11) is 0. The van der Waals surface area contributed by atoms with Crippen molar-refractivity contribution in [3.8, 4) is 0 Å². The average molecular weight is 287 g/mol. The van der Waals surface area contributed by atoms with E-state index in [4.69, 9.17) is 4.42 Å². The largest absolute Gasteiger partial charge is 0.478 e. The predicted molar refractivity (Wildman–Crippen MR) is 81.4 cm³/mol. The Bertz CT molecular complexity index is 639. The highest BCUT2D eigenvalue weighted by Crippen LogP contribution is 2.27. The Morgan fingerprint density at radius 1 is 1.29 bits per heavy atom. The first-order valence-corrected chi connectivity index (χ1v) is 7.62. The maximum atomic E-state index is 11.5. The van der Waals surface area contributed by atoms with Crippen LogP contribution in [0, 0.1) is 5.92 Å². The van der Waals surface area contributed by atoms with E-state index in [0.717, 1.165) is 18.8 Å². The lowest BCUT2D eigenvalue weighted by Gasteiger charge is -2.26. The number of furan rings is 1. The summed E-state index contributed by atoms with van der Waals surface area (Å²) >= 11 is 0. The number of para-hydroxylation sites is 1. The highest BCUT2D eigenvalue weighted by molar-refractivity contribution is 6.03. The SMILES string of the molecule is CC1CCC(NCc2oc3ccccc3c2C(=O)O)CC1. The lowest BCUT2D eigenvalue weighted by Crippen LogP contribution is -2.32. The fraction of sp³-hybridized carbons (Fsp3) is 0.471. The van der Waals surface area contributed by atoms with Crippen LogP contribution in [-0.4, -0.2) is 17.1 Å². The molecule has 0 unspecified atom stereocenters. The van der Waals surface area contributed by atoms with Crippen molar-refractivity contribution in [2.24, 2.45) is 5.92 Å². The molecule has 2 aromatic rings. The van der Waals surface area contributed by atoms with Crippen molar-refractivity contribution in [1.82, 2.24) is 5.32 Å². The van der Waals surface area contributed by atoms with Crippen molar-refractivity contribution in [2.75, 3.05) is 0 Å². The molecule has 1 fully saturated rings. The summed E-state index contributed by atoms with van der Waals surface area (Å²) in [6, 6.07) is 7.78. The third-order valence-corrected chi connectivity index (χ3v) is 4.45. The van der Waals surface area contributed by atoms with Crippen LogP contribution in [0.1, 0.15) is 48.7 Å². The zero-order valence-corrected chi connectivity index (χ0v) is 12.3. The van der Waals surface area contributed by atoms with Crippen molar-refractivity contribution in [3.05, 3.63) is 35.6 Å². The van der Waals surface area contributed by atoms with Crippen LogP contribution in [0.5, 0.6) is 0 Å². The Labute approximate surface area is 124 Å². The first-order valence-electron chi connectivity index (χ1n) is 7.62. The number of benzene rings is 1. The molecule has 0 atom stereocenters. The van der Waals surface area contributed by atoms with Gasteiger partial charge in [0.1, 0.15) is 16.9 Å². The van der Waals surface area contributed by atoms with Crippen LogP contribution < -0.4 is 5.32 Å². The van der Waals surface area contributed by atoms with Crippen LogP contribution >= 0.6 is 0 Å². The molecular weight excluding hydrogens is 266 g/mol. The summed E-state index contributed by atoms with van der Waals surface area (Å²) in [6.07, 6.45) is 4.79. The second-order valence-electron chi connectivity index (χ2n) is 6.04. The predicted octanol–water partition coefficient (Wildman–Crippen LogP) is 3.80. The number of carboxylic acid groups (broad SMARTS) is 1. The zero-order chi connectivity index (χ0) is 14.8. The number of carbonyl (C=O) groups is 1. The van der Waals surface area contributed by atoms with Crippen molar-refractivity contribution in [3.63, 3.8) is 0 Å². The molecule has 21 heavy (non-hydrogen) atoms. The smallest absolute Gasteiger partial charge is 0.339 e. The minimum Gasteiger partial charge on any atom is -0.478 e. The van der Waals surface area contributed by atoms with Crippen LogP contribution in [0.25, 0.3) is 11.0 Å². The van der Waals surface area contributed by atoms with E-state index in [0.29, 0.717) is 34.9 Å². The van der Waals surface area contributed by atoms with Crippen LogP contribution in [0.3, 0.4) is 0 Å². The molecule has 4 heteroatoms. The minimum atomic E-state index is -0.922. The van der Waals surface area contributed by atoms with Crippen molar-refractivity contribution in [1.29, 1.82) is 0 Å². The van der Waals surface area contributed by atoms with E-state index in [-0.39, 0.29) is 0 Å². The van der Waals surface area contributed by atoms with Crippen LogP contribution in [0.4, 0.5) is 0 Å². The van der Waals surface area contributed by atoms with Crippen molar-refractivity contribution >= 4 is 16.9 Å². The van der Waals surface area contributed by atoms with E-state index in [1.165, 1.54) is 12.8 Å². The molecule has 1 aromatic carbocycles. The summed E-state index contributed by atoms with van der Waals surface area (Å²) in [5.41, 5.74) is 0.936. The lowest BCUT2D eigenvalue weighted by molar-refractivity contribution is 0.0696. The highest BCUT2D eigenvalue weighted by Gasteiger charge is 2.22. The molecule has 0 amide bonds. The standard InChI is InChI=1S/C17H21NO3/c1-11-6-8-12(9-7-11)18-10-15-16(17(19)20)13-4-2-3-5-14(13)21-15/h2-5,11-12,18H,6-10H2,1H3,(H,19,20). The van der Waals surface area contributed by atoms with E-state index in [1.54, 1.807) is 6.07 Å². The van der Waals surface area contributed by atoms with E-state index in [9.17, 15) is 9.90 Å². The van der Waals surface area contributed by atoms with Gasteiger partial charge in [-0.2, -0.15) is 0 Å². The monoisotopic (exact) mass is 287 g/mol. The first kappa shape index (κ1) is 14.1. The number of aromatic carboxylic acids is 1. The maximum Gasteiger partial charge on any atom is 0.339 e. The molecule has 0 saturated heterocycles. The fourth-order valence-corrected chi connectivity index (χ4v) is 3.16. The Morgan fingerprint density at radius 3 is 2.71 bits per heavy atom. The molecule has 0 bridgehead atoms. The molecule has 0 spiro atoms. The van der Waals surface area contributed by atoms with E-state index in [1.807, 2.05) is 18.2 Å². The number of hydrogen-bond donors (Lipinski definition) is 2. The molecule has 1 aliphatic rings. The van der Waals surface area contributed by atoms with Crippen LogP contribution in [0.15, 0.2) is 28.7 Å². The van der Waals surface area contributed by atoms with Gasteiger partial charge in [-0.25, -0.2) is 4.79 Å². The summed E-state index contributed by atoms with van der Waals surface area (Å²) in [4.78, 5) is 11.5. The second-order valence-corrected chi connectivity index (χ2v) is 6.04. The number of fused-ring (bicyclic) bond motifs is 1. The summed E-state index contributed by atoms with van der Waals surface area (Å²) in [5.74, 6) is 0.417. The Balaban J connectivity index is 1.77. The number of hydrogen-bond acceptors (Lipinski definition) is 3. The molecule has 112 valence electrons. The first-order chi connectivity index (χ1) is 10.1. The molecule has 1 saturated carbocycles. The van der Waals surface area contributed by atoms with Crippen molar-refractivity contribution in [2.45, 2.75) is 45.2 Å². The maximum absolute atomic E-state index is 11.5. The fourth-order valence-electron chi connectivity index (χ4n) is 3.16. The molecule has 1 aromatic heterocycles. The normalized spacial score (nSPS) is 22.5. The zero-order valence-electron chi connectivity index (χ0n) is 12.3. The van der Waals surface area contributed by atoms with Gasteiger partial charge < -0.3 is 14.8 Å². The van der Waals surface area contributed by atoms with Crippen LogP contribution in [-0.2, 0) is 6.54 Å². The number of carboxylic acids is 1. The molecule has 0 aliphatic heterocycles. The highest BCUT2D eigenvalue weighted by atomic mass is 16.4. The minimum absolute atomic E-state index is 0.294. The molecule has 1 heterocycles. The van der Waals surface area contributed by atoms with E-state index < -0.39 is 5.97 Å². The Hall–Kier alpha value is -1.81. The Kier molecular flexibility index (Phi) is 3.97. The van der Waals surface area contributed by atoms with E-state index in [2.05, 4.69) is 12.2 Å². The van der Waals surface area contributed by atoms with Crippen LogP contribution in [0.2, 0.25) is 0 Å². The second kappa shape index (κ2) is 5.90. The van der Waals surface area contributed by atoms with Gasteiger partial charge in [0.25, 0.3) is 0 Å². The van der Waals surface area contributed by atoms with Gasteiger partial charge in [0.05, 0.1) is 6.54 Å². The van der Waals surface area contributed by atoms with Gasteiger partial charge in [0.15, 0.2) is 0 Å². The summed E-state index contributed by atoms with van der Waals surface area (Å²) < 4.78 is 5.73. The molecule has 0 radical (unpaired) electrons. The molecule has 2 N–H and O–H groups in total. The lowest BCUT2D eigenvalue weighted by atomic mass is 9.87. The van der Waals surface area contributed by atoms with Gasteiger partial charge in [-0.3, -0.25) is 0 Å². The number of rotatable bonds is 4. The van der Waals surface area contributed by atoms with Gasteiger partial charge in [-0.1, -0.05) is 25.1 Å². The number of nitrogens with one attached hydrogen (secondary N) is 1. The van der Waals surface area contributed by atoms with Gasteiger partial charge in [-0.15, -0.1) is 0 Å². The third-order valence-electron chi connectivity index (χ3n) is 4.45. The topological polar surface area (TPSA) is 62.5 Å². The average Bonchev–Trinajstić information content (AvgIpc) is 2.85. The van der Waals surface area contributed by atoms with Gasteiger partial charge in [0, 0.05) is 11.4 Å². The third kappa shape index (κ3) is 2.95. The van der Waals surface area contributed by atoms with Gasteiger partial charge in [0.2, 0.25) is 0 Å². The summed E-state index contributed by atoms with van der Waals surface area (Å²) in [6.45, 7) is 2.77. The van der Waals surface area contributed by atoms with Crippen molar-refractivity contribution < 1.29 is 14.3 Å². The van der Waals surface area contributed by atoms with Gasteiger partial charge >= 0.3 is 5.97 Å².